The predicted molar refractivity (Wildman–Crippen MR) is 151 cm³/mol. The zero-order valence-corrected chi connectivity index (χ0v) is 24.5. The molecule has 5 rings (SSSR count). The first-order valence-corrected chi connectivity index (χ1v) is 15.9. The van der Waals surface area contributed by atoms with Gasteiger partial charge in [0.15, 0.2) is 0 Å². The van der Waals surface area contributed by atoms with Crippen molar-refractivity contribution in [3.8, 4) is 0 Å². The predicted octanol–water partition coefficient (Wildman–Crippen LogP) is 4.09. The van der Waals surface area contributed by atoms with Crippen LogP contribution in [0.3, 0.4) is 0 Å². The van der Waals surface area contributed by atoms with Gasteiger partial charge in [0.05, 0.1) is 0 Å². The summed E-state index contributed by atoms with van der Waals surface area (Å²) in [5.74, 6) is 3.95. The smallest absolute Gasteiger partial charge is 0.410 e. The fourth-order valence-electron chi connectivity index (χ4n) is 7.85. The zero-order chi connectivity index (χ0) is 27.6. The average molecular weight is 545 g/mol. The van der Waals surface area contributed by atoms with E-state index in [2.05, 4.69) is 16.0 Å². The van der Waals surface area contributed by atoms with E-state index in [1.54, 1.807) is 4.90 Å². The summed E-state index contributed by atoms with van der Waals surface area (Å²) < 4.78 is 5.48. The topological polar surface area (TPSA) is 99.8 Å². The highest BCUT2D eigenvalue weighted by atomic mass is 16.6. The molecule has 0 bridgehead atoms. The molecule has 8 nitrogen and oxygen atoms in total. The Bertz CT molecular complexity index is 872. The highest BCUT2D eigenvalue weighted by molar-refractivity contribution is 5.82. The highest BCUT2D eigenvalue weighted by Crippen LogP contribution is 2.50. The van der Waals surface area contributed by atoms with Crippen LogP contribution in [0.1, 0.15) is 91.4 Å². The number of carbonyl (C=O) groups excluding carboxylic acids is 3. The van der Waals surface area contributed by atoms with Crippen LogP contribution in [0.2, 0.25) is 0 Å². The van der Waals surface area contributed by atoms with Gasteiger partial charge in [-0.05, 0) is 134 Å². The lowest BCUT2D eigenvalue weighted by atomic mass is 9.73. The largest absolute Gasteiger partial charge is 0.444 e. The fraction of sp³-hybridized carbons (Fsp3) is 0.903. The molecular weight excluding hydrogens is 492 g/mol. The Hall–Kier alpha value is -1.83. The van der Waals surface area contributed by atoms with E-state index in [0.717, 1.165) is 76.3 Å². The van der Waals surface area contributed by atoms with Crippen molar-refractivity contribution in [2.75, 3.05) is 32.7 Å². The number of fused-ring (bicyclic) bond motifs is 1. The quantitative estimate of drug-likeness (QED) is 0.468. The molecule has 3 saturated carbocycles. The van der Waals surface area contributed by atoms with Crippen molar-refractivity contribution in [2.24, 2.45) is 41.4 Å². The molecule has 5 atom stereocenters. The molecule has 5 unspecified atom stereocenters. The van der Waals surface area contributed by atoms with Gasteiger partial charge in [0.1, 0.15) is 5.60 Å². The first-order chi connectivity index (χ1) is 18.7. The molecule has 5 aliphatic rings. The van der Waals surface area contributed by atoms with Crippen molar-refractivity contribution in [3.63, 3.8) is 0 Å². The number of amides is 3. The molecule has 3 N–H and O–H groups in total. The zero-order valence-electron chi connectivity index (χ0n) is 24.5. The molecule has 3 aliphatic carbocycles. The first-order valence-electron chi connectivity index (χ1n) is 15.9. The lowest BCUT2D eigenvalue weighted by molar-refractivity contribution is -0.127. The molecule has 0 radical (unpaired) electrons. The molecule has 2 heterocycles. The van der Waals surface area contributed by atoms with Crippen LogP contribution < -0.4 is 16.0 Å². The Balaban J connectivity index is 0.956. The van der Waals surface area contributed by atoms with Crippen molar-refractivity contribution < 1.29 is 19.1 Å². The van der Waals surface area contributed by atoms with Crippen molar-refractivity contribution >= 4 is 17.9 Å². The molecule has 2 saturated heterocycles. The van der Waals surface area contributed by atoms with Crippen LogP contribution in [0.15, 0.2) is 0 Å². The van der Waals surface area contributed by atoms with Crippen LogP contribution in [0.25, 0.3) is 0 Å². The summed E-state index contributed by atoms with van der Waals surface area (Å²) in [5, 5.41) is 10.2. The molecule has 2 aliphatic heterocycles. The van der Waals surface area contributed by atoms with Gasteiger partial charge in [0.2, 0.25) is 11.8 Å². The molecule has 5 fully saturated rings. The van der Waals surface area contributed by atoms with Gasteiger partial charge in [0.25, 0.3) is 0 Å². The Labute approximate surface area is 235 Å². The molecular formula is C31H52N4O4. The minimum atomic E-state index is -0.472. The van der Waals surface area contributed by atoms with Crippen molar-refractivity contribution in [2.45, 2.75) is 103 Å². The number of carbonyl (C=O) groups is 3. The van der Waals surface area contributed by atoms with E-state index >= 15 is 0 Å². The van der Waals surface area contributed by atoms with Gasteiger partial charge >= 0.3 is 6.09 Å². The van der Waals surface area contributed by atoms with Crippen LogP contribution in [0.4, 0.5) is 4.79 Å². The summed E-state index contributed by atoms with van der Waals surface area (Å²) in [6.07, 6.45) is 11.4. The van der Waals surface area contributed by atoms with Gasteiger partial charge in [-0.3, -0.25) is 9.59 Å². The molecule has 3 amide bonds. The van der Waals surface area contributed by atoms with Gasteiger partial charge in [-0.1, -0.05) is 0 Å². The van der Waals surface area contributed by atoms with Crippen LogP contribution in [0, 0.1) is 41.4 Å². The van der Waals surface area contributed by atoms with E-state index in [0.29, 0.717) is 49.3 Å². The Morgan fingerprint density at radius 2 is 1.56 bits per heavy atom. The van der Waals surface area contributed by atoms with Crippen LogP contribution >= 0.6 is 0 Å². The summed E-state index contributed by atoms with van der Waals surface area (Å²) in [7, 11) is 0. The van der Waals surface area contributed by atoms with E-state index in [1.165, 1.54) is 19.3 Å². The van der Waals surface area contributed by atoms with E-state index in [1.807, 2.05) is 20.8 Å². The summed E-state index contributed by atoms with van der Waals surface area (Å²) in [4.78, 5) is 40.0. The molecule has 8 heteroatoms. The molecule has 0 spiro atoms. The minimum absolute atomic E-state index is 0.106. The van der Waals surface area contributed by atoms with Crippen LogP contribution in [-0.4, -0.2) is 67.2 Å². The van der Waals surface area contributed by atoms with Gasteiger partial charge in [-0.25, -0.2) is 4.79 Å². The number of hydrogen-bond donors (Lipinski definition) is 3. The van der Waals surface area contributed by atoms with Crippen LogP contribution in [-0.2, 0) is 14.3 Å². The van der Waals surface area contributed by atoms with Crippen molar-refractivity contribution in [3.05, 3.63) is 0 Å². The Kier molecular flexibility index (Phi) is 9.09. The van der Waals surface area contributed by atoms with Crippen molar-refractivity contribution in [1.82, 2.24) is 20.9 Å². The first kappa shape index (κ1) is 28.7. The number of piperidine rings is 2. The SMILES string of the molecule is CC(C)(C)OC(=O)N1CCC(CNC(=O)C2CCC(C3CC3C(=O)NC3CCC4CNCCC4C3)CC2)CC1. The second-order valence-electron chi connectivity index (χ2n) is 14.3. The lowest BCUT2D eigenvalue weighted by Gasteiger charge is -2.39. The molecule has 0 aromatic carbocycles. The van der Waals surface area contributed by atoms with Gasteiger partial charge in [-0.2, -0.15) is 0 Å². The molecule has 39 heavy (non-hydrogen) atoms. The van der Waals surface area contributed by atoms with Gasteiger partial charge in [0, 0.05) is 37.5 Å². The normalized spacial score (nSPS) is 35.5. The second-order valence-corrected chi connectivity index (χ2v) is 14.3. The monoisotopic (exact) mass is 544 g/mol. The number of nitrogens with one attached hydrogen (secondary N) is 3. The third-order valence-electron chi connectivity index (χ3n) is 10.3. The number of likely N-dealkylation sites (tertiary alicyclic amines) is 1. The number of ether oxygens (including phenoxy) is 1. The van der Waals surface area contributed by atoms with E-state index in [9.17, 15) is 14.4 Å². The maximum atomic E-state index is 13.0. The minimum Gasteiger partial charge on any atom is -0.444 e. The van der Waals surface area contributed by atoms with E-state index in [4.69, 9.17) is 4.74 Å². The number of nitrogens with zero attached hydrogens (tertiary/aromatic N) is 1. The summed E-state index contributed by atoms with van der Waals surface area (Å²) >= 11 is 0. The summed E-state index contributed by atoms with van der Waals surface area (Å²) in [5.41, 5.74) is -0.472. The fourth-order valence-corrected chi connectivity index (χ4v) is 7.85. The van der Waals surface area contributed by atoms with Crippen molar-refractivity contribution in [1.29, 1.82) is 0 Å². The maximum Gasteiger partial charge on any atom is 0.410 e. The summed E-state index contributed by atoms with van der Waals surface area (Å²) in [6, 6.07) is 0.377. The Morgan fingerprint density at radius 3 is 2.28 bits per heavy atom. The van der Waals surface area contributed by atoms with E-state index < -0.39 is 5.60 Å². The van der Waals surface area contributed by atoms with E-state index in [-0.39, 0.29) is 23.8 Å². The molecule has 0 aromatic heterocycles. The second kappa shape index (κ2) is 12.4. The number of hydrogen-bond acceptors (Lipinski definition) is 5. The standard InChI is InChI=1S/C31H52N4O4/c1-31(2,3)39-30(38)35-14-11-20(12-15-35)18-33-28(36)22-6-4-21(5-7-22)26-17-27(26)29(37)34-25-9-8-24-19-32-13-10-23(24)16-25/h20-27,32H,4-19H2,1-3H3,(H,33,36)(H,34,37). The lowest BCUT2D eigenvalue weighted by Crippen LogP contribution is -2.46. The third kappa shape index (κ3) is 7.68. The van der Waals surface area contributed by atoms with Gasteiger partial charge in [-0.15, -0.1) is 0 Å². The van der Waals surface area contributed by atoms with Crippen LogP contribution in [0.5, 0.6) is 0 Å². The van der Waals surface area contributed by atoms with Gasteiger partial charge < -0.3 is 25.6 Å². The third-order valence-corrected chi connectivity index (χ3v) is 10.3. The Morgan fingerprint density at radius 1 is 0.846 bits per heavy atom. The molecule has 220 valence electrons. The molecule has 0 aromatic rings. The average Bonchev–Trinajstić information content (AvgIpc) is 3.72. The highest BCUT2D eigenvalue weighted by Gasteiger charge is 2.49. The number of rotatable bonds is 6. The summed E-state index contributed by atoms with van der Waals surface area (Å²) in [6.45, 7) is 10.0. The maximum absolute atomic E-state index is 13.0.